The van der Waals surface area contributed by atoms with Gasteiger partial charge in [-0.2, -0.15) is 0 Å². The molecule has 1 aliphatic carbocycles. The van der Waals surface area contributed by atoms with Crippen molar-refractivity contribution in [1.29, 1.82) is 0 Å². The third-order valence-electron chi connectivity index (χ3n) is 5.43. The number of para-hydroxylation sites is 2. The molecule has 0 bridgehead atoms. The maximum absolute atomic E-state index is 12.4. The molecule has 1 N–H and O–H groups in total. The number of nitrogens with zero attached hydrogens (tertiary/aromatic N) is 1. The standard InChI is InChI=1S/C21H24N2O/c1-14-20(22-17-8-4-3-5-9-17)18-10-6-7-11-19(18)23(15(2)24)21(14)16-12-13-16/h3-11,14,16,20-22H,12-13H2,1-2H3/t14-,20?,21+/m0/s1. The predicted molar refractivity (Wildman–Crippen MR) is 98.1 cm³/mol. The van der Waals surface area contributed by atoms with Crippen LogP contribution >= 0.6 is 0 Å². The molecule has 124 valence electrons. The monoisotopic (exact) mass is 320 g/mol. The van der Waals surface area contributed by atoms with E-state index >= 15 is 0 Å². The van der Waals surface area contributed by atoms with Crippen molar-refractivity contribution in [2.45, 2.75) is 38.8 Å². The van der Waals surface area contributed by atoms with Crippen molar-refractivity contribution in [3.63, 3.8) is 0 Å². The van der Waals surface area contributed by atoms with Gasteiger partial charge in [0.25, 0.3) is 0 Å². The van der Waals surface area contributed by atoms with Crippen molar-refractivity contribution in [3.05, 3.63) is 60.2 Å². The highest BCUT2D eigenvalue weighted by molar-refractivity contribution is 5.94. The number of nitrogens with one attached hydrogen (secondary N) is 1. The van der Waals surface area contributed by atoms with E-state index in [1.54, 1.807) is 6.92 Å². The molecule has 3 heteroatoms. The second kappa shape index (κ2) is 5.97. The topological polar surface area (TPSA) is 32.3 Å². The fourth-order valence-electron chi connectivity index (χ4n) is 4.23. The number of benzene rings is 2. The molecular formula is C21H24N2O. The Bertz CT molecular complexity index is 739. The van der Waals surface area contributed by atoms with Crippen molar-refractivity contribution >= 4 is 17.3 Å². The Labute approximate surface area is 143 Å². The normalized spacial score (nSPS) is 25.9. The molecule has 0 aromatic heterocycles. The minimum atomic E-state index is 0.157. The molecule has 0 spiro atoms. The highest BCUT2D eigenvalue weighted by Gasteiger charge is 2.47. The minimum absolute atomic E-state index is 0.157. The predicted octanol–water partition coefficient (Wildman–Crippen LogP) is 4.62. The van der Waals surface area contributed by atoms with Crippen molar-refractivity contribution < 1.29 is 4.79 Å². The zero-order valence-electron chi connectivity index (χ0n) is 14.3. The van der Waals surface area contributed by atoms with Gasteiger partial charge in [-0.15, -0.1) is 0 Å². The van der Waals surface area contributed by atoms with Crippen LogP contribution in [0.2, 0.25) is 0 Å². The number of anilines is 2. The molecule has 24 heavy (non-hydrogen) atoms. The smallest absolute Gasteiger partial charge is 0.224 e. The van der Waals surface area contributed by atoms with Crippen LogP contribution in [-0.2, 0) is 4.79 Å². The lowest BCUT2D eigenvalue weighted by atomic mass is 9.80. The summed E-state index contributed by atoms with van der Waals surface area (Å²) in [5.74, 6) is 1.16. The summed E-state index contributed by atoms with van der Waals surface area (Å²) in [6, 6.07) is 19.2. The number of carbonyl (C=O) groups excluding carboxylic acids is 1. The van der Waals surface area contributed by atoms with Gasteiger partial charge in [0, 0.05) is 30.3 Å². The highest BCUT2D eigenvalue weighted by atomic mass is 16.2. The molecule has 1 saturated carbocycles. The second-order valence-corrected chi connectivity index (χ2v) is 7.12. The Hall–Kier alpha value is -2.29. The number of hydrogen-bond donors (Lipinski definition) is 1. The van der Waals surface area contributed by atoms with Crippen LogP contribution in [-0.4, -0.2) is 11.9 Å². The molecule has 0 radical (unpaired) electrons. The SMILES string of the molecule is CC(=O)N1c2ccccc2C(Nc2ccccc2)[C@H](C)[C@@H]1C1CC1. The molecule has 2 aromatic carbocycles. The van der Waals surface area contributed by atoms with E-state index < -0.39 is 0 Å². The maximum atomic E-state index is 12.4. The summed E-state index contributed by atoms with van der Waals surface area (Å²) in [4.78, 5) is 14.5. The van der Waals surface area contributed by atoms with Gasteiger partial charge in [-0.1, -0.05) is 43.3 Å². The van der Waals surface area contributed by atoms with Gasteiger partial charge in [-0.05, 0) is 42.5 Å². The van der Waals surface area contributed by atoms with Crippen molar-refractivity contribution in [2.75, 3.05) is 10.2 Å². The van der Waals surface area contributed by atoms with Gasteiger partial charge in [0.2, 0.25) is 5.91 Å². The third-order valence-corrected chi connectivity index (χ3v) is 5.43. The molecule has 3 atom stereocenters. The van der Waals surface area contributed by atoms with Crippen LogP contribution in [0.4, 0.5) is 11.4 Å². The van der Waals surface area contributed by atoms with Crippen LogP contribution < -0.4 is 10.2 Å². The van der Waals surface area contributed by atoms with Gasteiger partial charge < -0.3 is 10.2 Å². The van der Waals surface area contributed by atoms with E-state index in [1.165, 1.54) is 18.4 Å². The highest BCUT2D eigenvalue weighted by Crippen LogP contribution is 2.49. The molecule has 2 aliphatic rings. The van der Waals surface area contributed by atoms with Crippen LogP contribution in [0.15, 0.2) is 54.6 Å². The molecule has 2 aromatic rings. The first kappa shape index (κ1) is 15.3. The lowest BCUT2D eigenvalue weighted by Gasteiger charge is -2.46. The van der Waals surface area contributed by atoms with Crippen LogP contribution in [0, 0.1) is 11.8 Å². The fraction of sp³-hybridized carbons (Fsp3) is 0.381. The lowest BCUT2D eigenvalue weighted by Crippen LogP contribution is -2.51. The quantitative estimate of drug-likeness (QED) is 0.895. The number of fused-ring (bicyclic) bond motifs is 1. The van der Waals surface area contributed by atoms with E-state index in [2.05, 4.69) is 59.6 Å². The first-order valence-electron chi connectivity index (χ1n) is 8.87. The van der Waals surface area contributed by atoms with Gasteiger partial charge >= 0.3 is 0 Å². The zero-order chi connectivity index (χ0) is 16.7. The molecule has 1 amide bonds. The molecule has 1 aliphatic heterocycles. The Morgan fingerprint density at radius 1 is 1.04 bits per heavy atom. The first-order valence-corrected chi connectivity index (χ1v) is 8.87. The number of hydrogen-bond acceptors (Lipinski definition) is 2. The van der Waals surface area contributed by atoms with Gasteiger partial charge in [-0.3, -0.25) is 4.79 Å². The summed E-state index contributed by atoms with van der Waals surface area (Å²) in [6.07, 6.45) is 2.47. The van der Waals surface area contributed by atoms with Gasteiger partial charge in [0.1, 0.15) is 0 Å². The van der Waals surface area contributed by atoms with Crippen LogP contribution in [0.25, 0.3) is 0 Å². The van der Waals surface area contributed by atoms with Gasteiger partial charge in [-0.25, -0.2) is 0 Å². The summed E-state index contributed by atoms with van der Waals surface area (Å²) in [5, 5.41) is 3.72. The van der Waals surface area contributed by atoms with E-state index in [0.717, 1.165) is 11.4 Å². The largest absolute Gasteiger partial charge is 0.378 e. The summed E-state index contributed by atoms with van der Waals surface area (Å²) in [7, 11) is 0. The summed E-state index contributed by atoms with van der Waals surface area (Å²) < 4.78 is 0. The Morgan fingerprint density at radius 2 is 1.71 bits per heavy atom. The number of rotatable bonds is 3. The summed E-state index contributed by atoms with van der Waals surface area (Å²) in [5.41, 5.74) is 3.43. The number of carbonyl (C=O) groups is 1. The minimum Gasteiger partial charge on any atom is -0.378 e. The van der Waals surface area contributed by atoms with Crippen molar-refractivity contribution in [2.24, 2.45) is 11.8 Å². The average molecular weight is 320 g/mol. The van der Waals surface area contributed by atoms with E-state index in [1.807, 2.05) is 12.1 Å². The van der Waals surface area contributed by atoms with Crippen molar-refractivity contribution in [1.82, 2.24) is 0 Å². The molecular weight excluding hydrogens is 296 g/mol. The average Bonchev–Trinajstić information content (AvgIpc) is 3.42. The second-order valence-electron chi connectivity index (χ2n) is 7.12. The molecule has 1 fully saturated rings. The molecule has 1 heterocycles. The lowest BCUT2D eigenvalue weighted by molar-refractivity contribution is -0.117. The Kier molecular flexibility index (Phi) is 3.79. The Balaban J connectivity index is 1.78. The van der Waals surface area contributed by atoms with E-state index in [9.17, 15) is 4.79 Å². The maximum Gasteiger partial charge on any atom is 0.224 e. The van der Waals surface area contributed by atoms with Crippen molar-refractivity contribution in [3.8, 4) is 0 Å². The van der Waals surface area contributed by atoms with Crippen LogP contribution in [0.1, 0.15) is 38.3 Å². The van der Waals surface area contributed by atoms with Gasteiger partial charge in [0.05, 0.1) is 6.04 Å². The summed E-state index contributed by atoms with van der Waals surface area (Å²) >= 11 is 0. The number of amides is 1. The Morgan fingerprint density at radius 3 is 2.38 bits per heavy atom. The third kappa shape index (κ3) is 2.58. The molecule has 0 saturated heterocycles. The fourth-order valence-corrected chi connectivity index (χ4v) is 4.23. The van der Waals surface area contributed by atoms with Gasteiger partial charge in [0.15, 0.2) is 0 Å². The van der Waals surface area contributed by atoms with E-state index in [-0.39, 0.29) is 11.9 Å². The van der Waals surface area contributed by atoms with E-state index in [4.69, 9.17) is 0 Å². The zero-order valence-corrected chi connectivity index (χ0v) is 14.3. The molecule has 4 rings (SSSR count). The van der Waals surface area contributed by atoms with Crippen LogP contribution in [0.3, 0.4) is 0 Å². The van der Waals surface area contributed by atoms with Crippen LogP contribution in [0.5, 0.6) is 0 Å². The molecule has 3 nitrogen and oxygen atoms in total. The molecule has 1 unspecified atom stereocenters. The summed E-state index contributed by atoms with van der Waals surface area (Å²) in [6.45, 7) is 3.99. The van der Waals surface area contributed by atoms with E-state index in [0.29, 0.717) is 17.9 Å². The first-order chi connectivity index (χ1) is 11.7.